The lowest BCUT2D eigenvalue weighted by Crippen LogP contribution is -2.12. The third kappa shape index (κ3) is 5.76. The van der Waals surface area contributed by atoms with Crippen LogP contribution in [0.1, 0.15) is 12.8 Å². The highest BCUT2D eigenvalue weighted by Gasteiger charge is 2.28. The first kappa shape index (κ1) is 16.3. The number of hydrogen-bond acceptors (Lipinski definition) is 4. The standard InChI is InChI=1S/C13H13F3N4OS/c14-13(15,16)22-11-5-3-10(4-6-11)19-12(21)2-1-7-20-9-17-8-18-20/h3-6,8-9H,1-2,7H2,(H,19,21). The number of aromatic nitrogens is 3. The van der Waals surface area contributed by atoms with E-state index in [9.17, 15) is 18.0 Å². The second-order valence-electron chi connectivity index (χ2n) is 4.38. The quantitative estimate of drug-likeness (QED) is 0.826. The van der Waals surface area contributed by atoms with E-state index in [1.165, 1.54) is 30.6 Å². The normalized spacial score (nSPS) is 11.4. The molecular formula is C13H13F3N4OS. The summed E-state index contributed by atoms with van der Waals surface area (Å²) in [5, 5.41) is 6.55. The molecule has 0 radical (unpaired) electrons. The zero-order valence-corrected chi connectivity index (χ0v) is 12.2. The molecule has 1 N–H and O–H groups in total. The highest BCUT2D eigenvalue weighted by molar-refractivity contribution is 8.00. The number of anilines is 1. The van der Waals surface area contributed by atoms with Crippen molar-refractivity contribution in [3.05, 3.63) is 36.9 Å². The van der Waals surface area contributed by atoms with Gasteiger partial charge in [-0.1, -0.05) is 0 Å². The topological polar surface area (TPSA) is 59.8 Å². The Hall–Kier alpha value is -2.03. The minimum atomic E-state index is -4.31. The molecule has 0 aliphatic carbocycles. The number of carbonyl (C=O) groups excluding carboxylic acids is 1. The highest BCUT2D eigenvalue weighted by Crippen LogP contribution is 2.36. The fourth-order valence-electron chi connectivity index (χ4n) is 1.71. The van der Waals surface area contributed by atoms with E-state index in [1.54, 1.807) is 11.0 Å². The summed E-state index contributed by atoms with van der Waals surface area (Å²) >= 11 is -0.188. The lowest BCUT2D eigenvalue weighted by molar-refractivity contribution is -0.116. The van der Waals surface area contributed by atoms with Crippen molar-refractivity contribution in [3.8, 4) is 0 Å². The van der Waals surface area contributed by atoms with Gasteiger partial charge in [0.15, 0.2) is 0 Å². The predicted molar refractivity (Wildman–Crippen MR) is 76.2 cm³/mol. The second kappa shape index (κ2) is 7.30. The minimum Gasteiger partial charge on any atom is -0.326 e. The van der Waals surface area contributed by atoms with Gasteiger partial charge < -0.3 is 5.32 Å². The molecule has 1 aromatic heterocycles. The molecule has 2 aromatic rings. The van der Waals surface area contributed by atoms with Crippen LogP contribution in [0, 0.1) is 0 Å². The first-order valence-electron chi connectivity index (χ1n) is 6.40. The van der Waals surface area contributed by atoms with Gasteiger partial charge in [0.2, 0.25) is 5.91 Å². The van der Waals surface area contributed by atoms with Gasteiger partial charge >= 0.3 is 5.51 Å². The van der Waals surface area contributed by atoms with Crippen molar-refractivity contribution in [2.45, 2.75) is 29.8 Å². The number of amides is 1. The van der Waals surface area contributed by atoms with E-state index in [0.29, 0.717) is 25.1 Å². The Labute approximate surface area is 128 Å². The Morgan fingerprint density at radius 3 is 2.59 bits per heavy atom. The zero-order chi connectivity index (χ0) is 16.0. The third-order valence-corrected chi connectivity index (χ3v) is 3.37. The summed E-state index contributed by atoms with van der Waals surface area (Å²) in [5.41, 5.74) is -3.84. The third-order valence-electron chi connectivity index (χ3n) is 2.63. The van der Waals surface area contributed by atoms with Crippen LogP contribution in [0.4, 0.5) is 18.9 Å². The van der Waals surface area contributed by atoms with Gasteiger partial charge in [0, 0.05) is 23.5 Å². The van der Waals surface area contributed by atoms with Gasteiger partial charge in [-0.2, -0.15) is 18.3 Å². The average Bonchev–Trinajstić information content (AvgIpc) is 2.92. The van der Waals surface area contributed by atoms with Crippen LogP contribution in [0.25, 0.3) is 0 Å². The van der Waals surface area contributed by atoms with E-state index in [0.717, 1.165) is 0 Å². The van der Waals surface area contributed by atoms with Gasteiger partial charge in [0.05, 0.1) is 0 Å². The van der Waals surface area contributed by atoms with Crippen molar-refractivity contribution in [2.24, 2.45) is 0 Å². The zero-order valence-electron chi connectivity index (χ0n) is 11.4. The SMILES string of the molecule is O=C(CCCn1cncn1)Nc1ccc(SC(F)(F)F)cc1. The molecule has 0 saturated heterocycles. The van der Waals surface area contributed by atoms with Crippen molar-refractivity contribution >= 4 is 23.4 Å². The summed E-state index contributed by atoms with van der Waals surface area (Å²) in [7, 11) is 0. The van der Waals surface area contributed by atoms with Crippen LogP contribution in [-0.2, 0) is 11.3 Å². The van der Waals surface area contributed by atoms with E-state index in [-0.39, 0.29) is 22.6 Å². The molecule has 0 fully saturated rings. The van der Waals surface area contributed by atoms with Crippen LogP contribution in [0.3, 0.4) is 0 Å². The van der Waals surface area contributed by atoms with Gasteiger partial charge in [-0.15, -0.1) is 0 Å². The number of aryl methyl sites for hydroxylation is 1. The minimum absolute atomic E-state index is 0.0803. The Bertz CT molecular complexity index is 599. The monoisotopic (exact) mass is 330 g/mol. The van der Waals surface area contributed by atoms with Crippen LogP contribution in [0.15, 0.2) is 41.8 Å². The maximum absolute atomic E-state index is 12.2. The van der Waals surface area contributed by atoms with E-state index in [2.05, 4.69) is 15.4 Å². The Morgan fingerprint density at radius 2 is 2.00 bits per heavy atom. The molecule has 118 valence electrons. The molecule has 0 aliphatic heterocycles. The van der Waals surface area contributed by atoms with Crippen LogP contribution in [0.2, 0.25) is 0 Å². The van der Waals surface area contributed by atoms with E-state index in [1.807, 2.05) is 0 Å². The van der Waals surface area contributed by atoms with Crippen LogP contribution in [-0.4, -0.2) is 26.2 Å². The van der Waals surface area contributed by atoms with Crippen molar-refractivity contribution in [3.63, 3.8) is 0 Å². The number of hydrogen-bond donors (Lipinski definition) is 1. The van der Waals surface area contributed by atoms with Crippen LogP contribution in [0.5, 0.6) is 0 Å². The van der Waals surface area contributed by atoms with Crippen molar-refractivity contribution in [1.29, 1.82) is 0 Å². The Balaban J connectivity index is 1.76. The fraction of sp³-hybridized carbons (Fsp3) is 0.308. The maximum Gasteiger partial charge on any atom is 0.446 e. The molecule has 0 atom stereocenters. The fourth-order valence-corrected chi connectivity index (χ4v) is 2.25. The first-order valence-corrected chi connectivity index (χ1v) is 7.22. The van der Waals surface area contributed by atoms with Gasteiger partial charge in [0.1, 0.15) is 12.7 Å². The molecule has 5 nitrogen and oxygen atoms in total. The highest BCUT2D eigenvalue weighted by atomic mass is 32.2. The molecule has 1 heterocycles. The summed E-state index contributed by atoms with van der Waals surface area (Å²) in [6.45, 7) is 0.578. The molecule has 0 saturated carbocycles. The summed E-state index contributed by atoms with van der Waals surface area (Å²) < 4.78 is 38.2. The van der Waals surface area contributed by atoms with Gasteiger partial charge in [-0.25, -0.2) is 4.98 Å². The summed E-state index contributed by atoms with van der Waals surface area (Å²) in [6.07, 6.45) is 3.87. The van der Waals surface area contributed by atoms with Crippen LogP contribution < -0.4 is 5.32 Å². The molecule has 0 spiro atoms. The summed E-state index contributed by atoms with van der Waals surface area (Å²) in [6, 6.07) is 5.54. The number of nitrogens with zero attached hydrogens (tertiary/aromatic N) is 3. The summed E-state index contributed by atoms with van der Waals surface area (Å²) in [4.78, 5) is 15.6. The predicted octanol–water partition coefficient (Wildman–Crippen LogP) is 3.31. The summed E-state index contributed by atoms with van der Waals surface area (Å²) in [5.74, 6) is -0.198. The number of nitrogens with one attached hydrogen (secondary N) is 1. The molecule has 22 heavy (non-hydrogen) atoms. The molecule has 0 aliphatic rings. The number of benzene rings is 1. The smallest absolute Gasteiger partial charge is 0.326 e. The van der Waals surface area contributed by atoms with Crippen molar-refractivity contribution < 1.29 is 18.0 Å². The largest absolute Gasteiger partial charge is 0.446 e. The van der Waals surface area contributed by atoms with E-state index < -0.39 is 5.51 Å². The van der Waals surface area contributed by atoms with Crippen molar-refractivity contribution in [2.75, 3.05) is 5.32 Å². The number of rotatable bonds is 6. The first-order chi connectivity index (χ1) is 10.4. The van der Waals surface area contributed by atoms with Crippen molar-refractivity contribution in [1.82, 2.24) is 14.8 Å². The molecular weight excluding hydrogens is 317 g/mol. The van der Waals surface area contributed by atoms with Crippen LogP contribution >= 0.6 is 11.8 Å². The van der Waals surface area contributed by atoms with E-state index in [4.69, 9.17) is 0 Å². The lowest BCUT2D eigenvalue weighted by atomic mass is 10.2. The number of alkyl halides is 3. The molecule has 0 unspecified atom stereocenters. The second-order valence-corrected chi connectivity index (χ2v) is 5.52. The Morgan fingerprint density at radius 1 is 1.27 bits per heavy atom. The average molecular weight is 330 g/mol. The number of thioether (sulfide) groups is 1. The number of halogens is 3. The van der Waals surface area contributed by atoms with Gasteiger partial charge in [-0.3, -0.25) is 9.48 Å². The maximum atomic E-state index is 12.2. The lowest BCUT2D eigenvalue weighted by Gasteiger charge is -2.08. The van der Waals surface area contributed by atoms with Gasteiger partial charge in [-0.05, 0) is 42.4 Å². The molecule has 1 aromatic carbocycles. The molecule has 9 heteroatoms. The molecule has 2 rings (SSSR count). The molecule has 0 bridgehead atoms. The molecule has 1 amide bonds. The Kier molecular flexibility index (Phi) is 5.42. The van der Waals surface area contributed by atoms with E-state index >= 15 is 0 Å². The number of carbonyl (C=O) groups is 1. The van der Waals surface area contributed by atoms with Gasteiger partial charge in [0.25, 0.3) is 0 Å².